The van der Waals surface area contributed by atoms with Gasteiger partial charge in [0.2, 0.25) is 0 Å². The number of urea groups is 1. The van der Waals surface area contributed by atoms with Gasteiger partial charge >= 0.3 is 12.0 Å². The number of aliphatic carboxylic acids is 1. The van der Waals surface area contributed by atoms with Crippen LogP contribution in [0.1, 0.15) is 48.0 Å². The lowest BCUT2D eigenvalue weighted by Gasteiger charge is -2.27. The topological polar surface area (TPSA) is 69.6 Å². The second-order valence-electron chi connectivity index (χ2n) is 6.76. The Morgan fingerprint density at radius 2 is 1.68 bits per heavy atom. The molecule has 0 bridgehead atoms. The fourth-order valence-electron chi connectivity index (χ4n) is 2.57. The molecule has 5 nitrogen and oxygen atoms in total. The number of carboxylic acid groups (broad SMARTS) is 1. The molecule has 0 unspecified atom stereocenters. The molecule has 2 N–H and O–H groups in total. The standard InChI is InChI=1S/C14H26N2O3/c1-9(2)16(8-7-10(17)18)12(19)15-11-13(3,4)14(11,5)6/h9,11H,7-8H2,1-6H3,(H,15,19)(H,17,18). The van der Waals surface area contributed by atoms with Gasteiger partial charge in [0, 0.05) is 18.6 Å². The lowest BCUT2D eigenvalue weighted by molar-refractivity contribution is -0.137. The van der Waals surface area contributed by atoms with Gasteiger partial charge in [-0.05, 0) is 24.7 Å². The van der Waals surface area contributed by atoms with Gasteiger partial charge in [-0.3, -0.25) is 4.79 Å². The van der Waals surface area contributed by atoms with E-state index < -0.39 is 5.97 Å². The first-order valence-corrected chi connectivity index (χ1v) is 6.80. The van der Waals surface area contributed by atoms with Crippen molar-refractivity contribution in [2.45, 2.75) is 60.0 Å². The van der Waals surface area contributed by atoms with Crippen molar-refractivity contribution in [1.82, 2.24) is 10.2 Å². The van der Waals surface area contributed by atoms with Crippen LogP contribution in [0.4, 0.5) is 4.79 Å². The van der Waals surface area contributed by atoms with Crippen LogP contribution in [0.2, 0.25) is 0 Å². The van der Waals surface area contributed by atoms with Crippen LogP contribution < -0.4 is 5.32 Å². The van der Waals surface area contributed by atoms with Gasteiger partial charge in [-0.2, -0.15) is 0 Å². The van der Waals surface area contributed by atoms with Crippen molar-refractivity contribution in [3.63, 3.8) is 0 Å². The summed E-state index contributed by atoms with van der Waals surface area (Å²) in [7, 11) is 0. The molecule has 1 aliphatic carbocycles. The fourth-order valence-corrected chi connectivity index (χ4v) is 2.57. The molecule has 0 aromatic heterocycles. The molecule has 0 saturated heterocycles. The summed E-state index contributed by atoms with van der Waals surface area (Å²) in [6.07, 6.45) is -0.0247. The molecule has 19 heavy (non-hydrogen) atoms. The van der Waals surface area contributed by atoms with Gasteiger partial charge in [0.05, 0.1) is 6.42 Å². The Hall–Kier alpha value is -1.26. The molecule has 1 saturated carbocycles. The van der Waals surface area contributed by atoms with Gasteiger partial charge in [0.25, 0.3) is 0 Å². The highest BCUT2D eigenvalue weighted by Crippen LogP contribution is 2.62. The van der Waals surface area contributed by atoms with E-state index in [1.165, 1.54) is 0 Å². The van der Waals surface area contributed by atoms with Crippen molar-refractivity contribution < 1.29 is 14.7 Å². The molecule has 0 atom stereocenters. The minimum atomic E-state index is -0.884. The monoisotopic (exact) mass is 270 g/mol. The highest BCUT2D eigenvalue weighted by atomic mass is 16.4. The second-order valence-corrected chi connectivity index (χ2v) is 6.76. The molecule has 5 heteroatoms. The average Bonchev–Trinajstić information content (AvgIpc) is 2.60. The number of hydrogen-bond donors (Lipinski definition) is 2. The number of carbonyl (C=O) groups excluding carboxylic acids is 1. The van der Waals surface area contributed by atoms with Gasteiger partial charge in [-0.25, -0.2) is 4.79 Å². The Morgan fingerprint density at radius 3 is 2.00 bits per heavy atom. The summed E-state index contributed by atoms with van der Waals surface area (Å²) >= 11 is 0. The van der Waals surface area contributed by atoms with E-state index in [0.717, 1.165) is 0 Å². The zero-order valence-corrected chi connectivity index (χ0v) is 12.8. The minimum Gasteiger partial charge on any atom is -0.481 e. The van der Waals surface area contributed by atoms with Gasteiger partial charge in [-0.15, -0.1) is 0 Å². The summed E-state index contributed by atoms with van der Waals surface area (Å²) in [6, 6.07) is -0.0391. The van der Waals surface area contributed by atoms with Crippen molar-refractivity contribution in [3.05, 3.63) is 0 Å². The van der Waals surface area contributed by atoms with Crippen LogP contribution in [0, 0.1) is 10.8 Å². The molecular weight excluding hydrogens is 244 g/mol. The van der Waals surface area contributed by atoms with E-state index in [-0.39, 0.29) is 41.9 Å². The SMILES string of the molecule is CC(C)N(CCC(=O)O)C(=O)NC1C(C)(C)C1(C)C. The van der Waals surface area contributed by atoms with E-state index in [1.54, 1.807) is 4.90 Å². The van der Waals surface area contributed by atoms with Crippen LogP contribution in [-0.2, 0) is 4.79 Å². The molecule has 0 aliphatic heterocycles. The van der Waals surface area contributed by atoms with Crippen LogP contribution in [0.15, 0.2) is 0 Å². The second kappa shape index (κ2) is 5.02. The Labute approximate surface area is 115 Å². The third kappa shape index (κ3) is 3.01. The molecule has 2 amide bonds. The molecule has 1 fully saturated rings. The number of rotatable bonds is 5. The molecule has 0 heterocycles. The Kier molecular flexibility index (Phi) is 4.17. The maximum Gasteiger partial charge on any atom is 0.317 e. The molecule has 0 aromatic carbocycles. The predicted molar refractivity (Wildman–Crippen MR) is 74.0 cm³/mol. The number of carbonyl (C=O) groups is 2. The van der Waals surface area contributed by atoms with Gasteiger partial charge in [-0.1, -0.05) is 27.7 Å². The molecule has 0 spiro atoms. The minimum absolute atomic E-state index is 0.00988. The van der Waals surface area contributed by atoms with Crippen LogP contribution in [0.25, 0.3) is 0 Å². The normalized spacial score (nSPS) is 20.2. The van der Waals surface area contributed by atoms with Crippen molar-refractivity contribution in [1.29, 1.82) is 0 Å². The van der Waals surface area contributed by atoms with Crippen LogP contribution in [0.3, 0.4) is 0 Å². The number of nitrogens with zero attached hydrogens (tertiary/aromatic N) is 1. The third-order valence-corrected chi connectivity index (χ3v) is 4.74. The molecule has 1 aliphatic rings. The van der Waals surface area contributed by atoms with Crippen LogP contribution in [0.5, 0.6) is 0 Å². The summed E-state index contributed by atoms with van der Waals surface area (Å²) in [4.78, 5) is 24.5. The number of nitrogens with one attached hydrogen (secondary N) is 1. The molecule has 0 radical (unpaired) electrons. The van der Waals surface area contributed by atoms with Crippen molar-refractivity contribution in [2.24, 2.45) is 10.8 Å². The lowest BCUT2D eigenvalue weighted by Crippen LogP contribution is -2.46. The van der Waals surface area contributed by atoms with E-state index in [1.807, 2.05) is 13.8 Å². The number of hydrogen-bond acceptors (Lipinski definition) is 2. The van der Waals surface area contributed by atoms with Crippen molar-refractivity contribution in [2.75, 3.05) is 6.54 Å². The Morgan fingerprint density at radius 1 is 1.21 bits per heavy atom. The number of carboxylic acids is 1. The maximum atomic E-state index is 12.2. The maximum absolute atomic E-state index is 12.2. The smallest absolute Gasteiger partial charge is 0.317 e. The first kappa shape index (κ1) is 15.8. The fraction of sp³-hybridized carbons (Fsp3) is 0.857. The summed E-state index contributed by atoms with van der Waals surface area (Å²) in [5.41, 5.74) is 0.163. The van der Waals surface area contributed by atoms with E-state index in [9.17, 15) is 9.59 Å². The largest absolute Gasteiger partial charge is 0.481 e. The summed E-state index contributed by atoms with van der Waals surface area (Å²) in [6.45, 7) is 12.6. The lowest BCUT2D eigenvalue weighted by atomic mass is 10.0. The molecular formula is C14H26N2O3. The van der Waals surface area contributed by atoms with Gasteiger partial charge < -0.3 is 15.3 Å². The molecule has 110 valence electrons. The van der Waals surface area contributed by atoms with Crippen molar-refractivity contribution >= 4 is 12.0 Å². The quantitative estimate of drug-likeness (QED) is 0.805. The van der Waals surface area contributed by atoms with E-state index in [2.05, 4.69) is 33.0 Å². The zero-order chi connectivity index (χ0) is 15.0. The van der Waals surface area contributed by atoms with E-state index in [4.69, 9.17) is 5.11 Å². The van der Waals surface area contributed by atoms with Crippen LogP contribution >= 0.6 is 0 Å². The van der Waals surface area contributed by atoms with Gasteiger partial charge in [0.15, 0.2) is 0 Å². The van der Waals surface area contributed by atoms with E-state index in [0.29, 0.717) is 0 Å². The van der Waals surface area contributed by atoms with Crippen molar-refractivity contribution in [3.8, 4) is 0 Å². The highest BCUT2D eigenvalue weighted by molar-refractivity contribution is 5.76. The van der Waals surface area contributed by atoms with Gasteiger partial charge in [0.1, 0.15) is 0 Å². The highest BCUT2D eigenvalue weighted by Gasteiger charge is 2.65. The third-order valence-electron chi connectivity index (χ3n) is 4.74. The zero-order valence-electron chi connectivity index (χ0n) is 12.8. The average molecular weight is 270 g/mol. The first-order chi connectivity index (χ1) is 8.51. The predicted octanol–water partition coefficient (Wildman–Crippen LogP) is 2.32. The Balaban J connectivity index is 2.62. The van der Waals surface area contributed by atoms with Crippen LogP contribution in [-0.4, -0.2) is 40.6 Å². The molecule has 0 aromatic rings. The first-order valence-electron chi connectivity index (χ1n) is 6.80. The van der Waals surface area contributed by atoms with E-state index >= 15 is 0 Å². The summed E-state index contributed by atoms with van der Waals surface area (Å²) in [5, 5.41) is 11.8. The summed E-state index contributed by atoms with van der Waals surface area (Å²) in [5.74, 6) is -0.884. The number of amides is 2. The summed E-state index contributed by atoms with van der Waals surface area (Å²) < 4.78 is 0. The Bertz CT molecular complexity index is 361. The molecule has 1 rings (SSSR count).